The van der Waals surface area contributed by atoms with Crippen LogP contribution in [0.5, 0.6) is 0 Å². The Morgan fingerprint density at radius 2 is 1.32 bits per heavy atom. The van der Waals surface area contributed by atoms with Gasteiger partial charge in [-0.25, -0.2) is 4.98 Å². The fraction of sp³-hybridized carbons (Fsp3) is 0.650. The van der Waals surface area contributed by atoms with Crippen molar-refractivity contribution in [2.24, 2.45) is 10.8 Å². The molecule has 0 fully saturated rings. The van der Waals surface area contributed by atoms with Crippen molar-refractivity contribution >= 4 is 5.65 Å². The zero-order chi connectivity index (χ0) is 17.0. The molecule has 0 amide bonds. The van der Waals surface area contributed by atoms with Crippen LogP contribution in [0, 0.1) is 38.5 Å². The Hall–Kier alpha value is -1.31. The van der Waals surface area contributed by atoms with Gasteiger partial charge in [0.1, 0.15) is 5.65 Å². The van der Waals surface area contributed by atoms with Gasteiger partial charge in [-0.05, 0) is 55.2 Å². The highest BCUT2D eigenvalue weighted by Crippen LogP contribution is 2.47. The lowest BCUT2D eigenvalue weighted by Crippen LogP contribution is -2.30. The van der Waals surface area contributed by atoms with Crippen molar-refractivity contribution < 1.29 is 0 Å². The minimum Gasteiger partial charge on any atom is -0.304 e. The fourth-order valence-corrected chi connectivity index (χ4v) is 4.15. The summed E-state index contributed by atoms with van der Waals surface area (Å²) in [4.78, 5) is 5.07. The van der Waals surface area contributed by atoms with E-state index in [-0.39, 0.29) is 10.8 Å². The van der Waals surface area contributed by atoms with Crippen molar-refractivity contribution in [3.8, 4) is 0 Å². The largest absolute Gasteiger partial charge is 0.304 e. The third kappa shape index (κ3) is 2.68. The standard InChI is InChI=1S/C20H32N2/c1-12-13(2)15(4)22-11-16(21-18(22)14(12)3)17(19(5,6)7)20(8,9)10/h11,17H,1-10H3. The summed E-state index contributed by atoms with van der Waals surface area (Å²) in [5.41, 5.74) is 8.05. The average molecular weight is 300 g/mol. The molecule has 0 radical (unpaired) electrons. The van der Waals surface area contributed by atoms with Crippen LogP contribution < -0.4 is 0 Å². The summed E-state index contributed by atoms with van der Waals surface area (Å²) in [5, 5.41) is 0. The van der Waals surface area contributed by atoms with Gasteiger partial charge in [0.05, 0.1) is 5.69 Å². The van der Waals surface area contributed by atoms with Gasteiger partial charge in [-0.3, -0.25) is 0 Å². The van der Waals surface area contributed by atoms with E-state index in [1.54, 1.807) is 0 Å². The maximum atomic E-state index is 5.07. The Balaban J connectivity index is 2.78. The molecule has 0 aromatic carbocycles. The van der Waals surface area contributed by atoms with Crippen LogP contribution in [0.2, 0.25) is 0 Å². The van der Waals surface area contributed by atoms with Crippen LogP contribution in [0.3, 0.4) is 0 Å². The number of nitrogens with zero attached hydrogens (tertiary/aromatic N) is 2. The number of pyridine rings is 1. The second-order valence-corrected chi connectivity index (χ2v) is 8.98. The van der Waals surface area contributed by atoms with Gasteiger partial charge in [0, 0.05) is 17.8 Å². The predicted octanol–water partition coefficient (Wildman–Crippen LogP) is 5.74. The number of aromatic nitrogens is 2. The number of fused-ring (bicyclic) bond motifs is 1. The fourth-order valence-electron chi connectivity index (χ4n) is 4.15. The van der Waals surface area contributed by atoms with Crippen molar-refractivity contribution in [3.05, 3.63) is 34.3 Å². The summed E-state index contributed by atoms with van der Waals surface area (Å²) in [7, 11) is 0. The normalized spacial score (nSPS) is 13.4. The zero-order valence-electron chi connectivity index (χ0n) is 16.0. The molecule has 2 heterocycles. The van der Waals surface area contributed by atoms with E-state index < -0.39 is 0 Å². The van der Waals surface area contributed by atoms with Crippen LogP contribution in [-0.4, -0.2) is 9.38 Å². The number of rotatable bonds is 1. The molecule has 122 valence electrons. The summed E-state index contributed by atoms with van der Waals surface area (Å²) in [6.45, 7) is 22.7. The van der Waals surface area contributed by atoms with Crippen LogP contribution in [0.4, 0.5) is 0 Å². The summed E-state index contributed by atoms with van der Waals surface area (Å²) in [6.07, 6.45) is 2.27. The van der Waals surface area contributed by atoms with E-state index in [2.05, 4.69) is 79.8 Å². The third-order valence-corrected chi connectivity index (χ3v) is 5.12. The lowest BCUT2D eigenvalue weighted by atomic mass is 9.65. The molecular formula is C20H32N2. The molecule has 0 aliphatic carbocycles. The molecule has 0 atom stereocenters. The Labute approximate surface area is 136 Å². The monoisotopic (exact) mass is 300 g/mol. The highest BCUT2D eigenvalue weighted by Gasteiger charge is 2.38. The van der Waals surface area contributed by atoms with E-state index in [0.29, 0.717) is 5.92 Å². The maximum absolute atomic E-state index is 5.07. The van der Waals surface area contributed by atoms with E-state index in [0.717, 1.165) is 5.65 Å². The van der Waals surface area contributed by atoms with Gasteiger partial charge >= 0.3 is 0 Å². The molecule has 2 aromatic rings. The van der Waals surface area contributed by atoms with Crippen molar-refractivity contribution in [3.63, 3.8) is 0 Å². The van der Waals surface area contributed by atoms with Crippen LogP contribution in [0.15, 0.2) is 6.20 Å². The second kappa shape index (κ2) is 5.11. The van der Waals surface area contributed by atoms with Crippen LogP contribution in [-0.2, 0) is 0 Å². The van der Waals surface area contributed by atoms with Crippen molar-refractivity contribution in [2.75, 3.05) is 0 Å². The van der Waals surface area contributed by atoms with E-state index in [1.807, 2.05) is 0 Å². The lowest BCUT2D eigenvalue weighted by Gasteiger charge is -2.39. The van der Waals surface area contributed by atoms with Gasteiger partial charge in [-0.2, -0.15) is 0 Å². The molecule has 0 spiro atoms. The first-order chi connectivity index (χ1) is 9.85. The van der Waals surface area contributed by atoms with E-state index in [4.69, 9.17) is 4.98 Å². The van der Waals surface area contributed by atoms with E-state index in [9.17, 15) is 0 Å². The van der Waals surface area contributed by atoms with Crippen LogP contribution in [0.1, 0.15) is 75.5 Å². The van der Waals surface area contributed by atoms with Crippen LogP contribution in [0.25, 0.3) is 5.65 Å². The number of imidazole rings is 1. The third-order valence-electron chi connectivity index (χ3n) is 5.12. The number of hydrogen-bond acceptors (Lipinski definition) is 1. The van der Waals surface area contributed by atoms with Gasteiger partial charge in [-0.15, -0.1) is 0 Å². The molecule has 0 saturated carbocycles. The minimum atomic E-state index is 0.183. The smallest absolute Gasteiger partial charge is 0.140 e. The molecule has 0 aliphatic rings. The van der Waals surface area contributed by atoms with E-state index in [1.165, 1.54) is 28.1 Å². The second-order valence-electron chi connectivity index (χ2n) is 8.98. The first-order valence-electron chi connectivity index (χ1n) is 8.31. The maximum Gasteiger partial charge on any atom is 0.140 e. The Morgan fingerprint density at radius 1 is 0.818 bits per heavy atom. The molecule has 22 heavy (non-hydrogen) atoms. The number of aryl methyl sites for hydroxylation is 2. The molecule has 2 aromatic heterocycles. The van der Waals surface area contributed by atoms with Crippen LogP contribution >= 0.6 is 0 Å². The highest BCUT2D eigenvalue weighted by molar-refractivity contribution is 5.56. The molecular weight excluding hydrogens is 268 g/mol. The van der Waals surface area contributed by atoms with E-state index >= 15 is 0 Å². The molecule has 0 saturated heterocycles. The molecule has 0 aliphatic heterocycles. The average Bonchev–Trinajstić information content (AvgIpc) is 2.74. The topological polar surface area (TPSA) is 17.3 Å². The van der Waals surface area contributed by atoms with Crippen molar-refractivity contribution in [1.29, 1.82) is 0 Å². The predicted molar refractivity (Wildman–Crippen MR) is 95.8 cm³/mol. The summed E-state index contributed by atoms with van der Waals surface area (Å²) in [5.74, 6) is 0.416. The molecule has 2 heteroatoms. The summed E-state index contributed by atoms with van der Waals surface area (Å²) < 4.78 is 2.29. The van der Waals surface area contributed by atoms with Gasteiger partial charge < -0.3 is 4.40 Å². The quantitative estimate of drug-likeness (QED) is 0.656. The van der Waals surface area contributed by atoms with Crippen molar-refractivity contribution in [1.82, 2.24) is 9.38 Å². The number of hydrogen-bond donors (Lipinski definition) is 0. The molecule has 0 bridgehead atoms. The van der Waals surface area contributed by atoms with Gasteiger partial charge in [-0.1, -0.05) is 41.5 Å². The molecule has 0 N–H and O–H groups in total. The highest BCUT2D eigenvalue weighted by atomic mass is 15.0. The zero-order valence-corrected chi connectivity index (χ0v) is 16.0. The van der Waals surface area contributed by atoms with Gasteiger partial charge in [0.25, 0.3) is 0 Å². The SMILES string of the molecule is Cc1c(C)c(C)n2cc(C(C(C)(C)C)C(C)(C)C)nc2c1C. The molecule has 2 rings (SSSR count). The van der Waals surface area contributed by atoms with Gasteiger partial charge in [0.15, 0.2) is 0 Å². The Bertz CT molecular complexity index is 647. The lowest BCUT2D eigenvalue weighted by molar-refractivity contribution is 0.172. The van der Waals surface area contributed by atoms with Crippen molar-refractivity contribution in [2.45, 2.75) is 75.2 Å². The van der Waals surface area contributed by atoms with Gasteiger partial charge in [0.2, 0.25) is 0 Å². The molecule has 0 unspecified atom stereocenters. The minimum absolute atomic E-state index is 0.183. The first kappa shape index (κ1) is 17.1. The summed E-state index contributed by atoms with van der Waals surface area (Å²) in [6, 6.07) is 0. The Kier molecular flexibility index (Phi) is 3.96. The molecule has 2 nitrogen and oxygen atoms in total. The Morgan fingerprint density at radius 3 is 1.77 bits per heavy atom. The first-order valence-corrected chi connectivity index (χ1v) is 8.31. The summed E-state index contributed by atoms with van der Waals surface area (Å²) >= 11 is 0.